The van der Waals surface area contributed by atoms with Crippen LogP contribution in [0.1, 0.15) is 43.4 Å². The Morgan fingerprint density at radius 1 is 0.661 bits per heavy atom. The molecule has 2 aromatic heterocycles. The molecule has 6 aromatic carbocycles. The Hall–Kier alpha value is -6.42. The summed E-state index contributed by atoms with van der Waals surface area (Å²) in [6.07, 6.45) is 12.1. The van der Waals surface area contributed by atoms with Crippen molar-refractivity contribution < 1.29 is 26.2 Å². The number of aromatic hydroxyl groups is 1. The van der Waals surface area contributed by atoms with Crippen LogP contribution < -0.4 is 4.90 Å². The smallest absolute Gasteiger partial charge is 0.144 e. The third kappa shape index (κ3) is 7.00. The first-order valence-corrected chi connectivity index (χ1v) is 19.8. The van der Waals surface area contributed by atoms with Crippen LogP contribution in [-0.2, 0) is 26.5 Å². The Kier molecular flexibility index (Phi) is 9.95. The summed E-state index contributed by atoms with van der Waals surface area (Å²) in [5, 5.41) is 14.8. The molecular weight excluding hydrogens is 904 g/mol. The zero-order chi connectivity index (χ0) is 39.4. The number of anilines is 1. The van der Waals surface area contributed by atoms with E-state index in [0.717, 1.165) is 61.2 Å². The fourth-order valence-corrected chi connectivity index (χ4v) is 8.40. The predicted molar refractivity (Wildman–Crippen MR) is 238 cm³/mol. The van der Waals surface area contributed by atoms with Gasteiger partial charge in [0.2, 0.25) is 0 Å². The number of aliphatic imine (C=N–C) groups is 1. The van der Waals surface area contributed by atoms with Gasteiger partial charge in [-0.25, -0.2) is 0 Å². The van der Waals surface area contributed by atoms with Crippen molar-refractivity contribution in [3.05, 3.63) is 205 Å². The zero-order valence-electron chi connectivity index (χ0n) is 33.0. The molecule has 8 aromatic rings. The molecule has 290 valence electrons. The second kappa shape index (κ2) is 15.4. The molecule has 10 rings (SSSR count). The Bertz CT molecular complexity index is 2980. The van der Waals surface area contributed by atoms with Crippen molar-refractivity contribution >= 4 is 33.2 Å². The van der Waals surface area contributed by atoms with E-state index in [4.69, 9.17) is 15.0 Å². The van der Waals surface area contributed by atoms with Gasteiger partial charge in [-0.2, -0.15) is 0 Å². The largest absolute Gasteiger partial charge is 0.507 e. The van der Waals surface area contributed by atoms with Gasteiger partial charge in [0, 0.05) is 44.3 Å². The molecule has 0 bridgehead atoms. The van der Waals surface area contributed by atoms with Gasteiger partial charge in [0.05, 0.1) is 16.9 Å². The van der Waals surface area contributed by atoms with Crippen LogP contribution in [0.2, 0.25) is 0 Å². The standard InChI is InChI=1S/C53H41N4O.Pt/c1-53(2,3)42-24-25-47(45(31-42)35-14-5-4-6-15-35)57-48-20-11-19-43(51(48)56-52(57)44-18-9-10-21-49(44)58)40-29-41(33-54-32-40)46-30-39(28-38-17-12-26-55-50(38)46)37-23-22-34-13-7-8-16-36(34)27-37;/h4-28,30-33,43,51,58H,1-3H3;/q-1;. The summed E-state index contributed by atoms with van der Waals surface area (Å²) in [4.78, 5) is 17.4. The first-order chi connectivity index (χ1) is 28.3. The molecule has 1 aliphatic heterocycles. The normalized spacial score (nSPS) is 16.1. The molecular formula is C53H41N4OPt-. The minimum atomic E-state index is -0.294. The van der Waals surface area contributed by atoms with Gasteiger partial charge in [0.15, 0.2) is 0 Å². The fraction of sp³-hybridized carbons (Fsp3) is 0.113. The maximum atomic E-state index is 11.3. The van der Waals surface area contributed by atoms with Gasteiger partial charge in [-0.05, 0) is 92.4 Å². The van der Waals surface area contributed by atoms with Crippen LogP contribution in [0, 0.1) is 6.07 Å². The molecule has 0 fully saturated rings. The molecule has 0 radical (unpaired) electrons. The molecule has 59 heavy (non-hydrogen) atoms. The molecule has 0 saturated carbocycles. The molecule has 0 amide bonds. The molecule has 5 nitrogen and oxygen atoms in total. The number of hydrogen-bond donors (Lipinski definition) is 1. The minimum Gasteiger partial charge on any atom is -0.507 e. The maximum absolute atomic E-state index is 11.3. The summed E-state index contributed by atoms with van der Waals surface area (Å²) in [6, 6.07) is 51.9. The average molecular weight is 945 g/mol. The SMILES string of the molecule is CC(C)(C)c1ccc(N2C3=CC=CC(c4[c-]c(-c5cc(-c6ccc7ccccc7c6)cc6cccnc56)cnc4)C3N=C2c2ccccc2O)c(-c2ccccc2)c1.[Pt]. The number of hydrogen-bond acceptors (Lipinski definition) is 5. The summed E-state index contributed by atoms with van der Waals surface area (Å²) < 4.78 is 0. The molecule has 2 aliphatic rings. The Morgan fingerprint density at radius 3 is 2.25 bits per heavy atom. The van der Waals surface area contributed by atoms with Crippen LogP contribution in [0.5, 0.6) is 5.75 Å². The van der Waals surface area contributed by atoms with Crippen molar-refractivity contribution in [2.45, 2.75) is 38.1 Å². The third-order valence-corrected chi connectivity index (χ3v) is 11.4. The molecule has 1 N–H and O–H groups in total. The summed E-state index contributed by atoms with van der Waals surface area (Å²) in [5.41, 5.74) is 12.0. The van der Waals surface area contributed by atoms with Gasteiger partial charge in [0.1, 0.15) is 17.6 Å². The zero-order valence-corrected chi connectivity index (χ0v) is 35.2. The number of para-hydroxylation sites is 1. The number of phenolic OH excluding ortho intramolecular Hbond substituents is 1. The van der Waals surface area contributed by atoms with Gasteiger partial charge in [-0.15, -0.1) is 17.2 Å². The maximum Gasteiger partial charge on any atom is 0.144 e. The number of aromatic nitrogens is 2. The number of allylic oxidation sites excluding steroid dienone is 2. The third-order valence-electron chi connectivity index (χ3n) is 11.4. The fourth-order valence-electron chi connectivity index (χ4n) is 8.40. The molecule has 6 heteroatoms. The van der Waals surface area contributed by atoms with Crippen LogP contribution >= 0.6 is 0 Å². The van der Waals surface area contributed by atoms with E-state index < -0.39 is 0 Å². The summed E-state index contributed by atoms with van der Waals surface area (Å²) in [6.45, 7) is 6.73. The quantitative estimate of drug-likeness (QED) is 0.169. The van der Waals surface area contributed by atoms with Gasteiger partial charge in [-0.3, -0.25) is 14.9 Å². The van der Waals surface area contributed by atoms with Crippen molar-refractivity contribution in [2.75, 3.05) is 4.90 Å². The van der Waals surface area contributed by atoms with Gasteiger partial charge >= 0.3 is 0 Å². The topological polar surface area (TPSA) is 61.6 Å². The number of nitrogens with zero attached hydrogens (tertiary/aromatic N) is 4. The Morgan fingerprint density at radius 2 is 1.42 bits per heavy atom. The van der Waals surface area contributed by atoms with E-state index in [9.17, 15) is 5.11 Å². The minimum absolute atomic E-state index is 0. The number of fused-ring (bicyclic) bond motifs is 3. The number of rotatable bonds is 6. The van der Waals surface area contributed by atoms with Crippen LogP contribution in [-0.4, -0.2) is 27.0 Å². The van der Waals surface area contributed by atoms with E-state index in [1.165, 1.54) is 16.3 Å². The summed E-state index contributed by atoms with van der Waals surface area (Å²) in [5.74, 6) is 0.713. The van der Waals surface area contributed by atoms with Crippen LogP contribution in [0.3, 0.4) is 0 Å². The second-order valence-electron chi connectivity index (χ2n) is 16.2. The molecule has 0 spiro atoms. The number of pyridine rings is 2. The molecule has 3 heterocycles. The van der Waals surface area contributed by atoms with Crippen LogP contribution in [0.4, 0.5) is 5.69 Å². The van der Waals surface area contributed by atoms with E-state index in [0.29, 0.717) is 11.4 Å². The summed E-state index contributed by atoms with van der Waals surface area (Å²) >= 11 is 0. The first-order valence-electron chi connectivity index (χ1n) is 19.8. The van der Waals surface area contributed by atoms with Gasteiger partial charge in [-0.1, -0.05) is 148 Å². The Labute approximate surface area is 359 Å². The second-order valence-corrected chi connectivity index (χ2v) is 16.2. The molecule has 0 saturated heterocycles. The number of phenols is 1. The van der Waals surface area contributed by atoms with E-state index in [2.05, 4.69) is 153 Å². The Balaban J connectivity index is 0.00000449. The number of amidine groups is 1. The average Bonchev–Trinajstić information content (AvgIpc) is 3.65. The van der Waals surface area contributed by atoms with E-state index in [-0.39, 0.29) is 44.2 Å². The monoisotopic (exact) mass is 944 g/mol. The molecule has 1 aliphatic carbocycles. The van der Waals surface area contributed by atoms with Gasteiger partial charge < -0.3 is 10.1 Å². The molecule has 2 unspecified atom stereocenters. The van der Waals surface area contributed by atoms with Crippen LogP contribution in [0.25, 0.3) is 55.1 Å². The molecule has 2 atom stereocenters. The van der Waals surface area contributed by atoms with E-state index in [1.807, 2.05) is 48.9 Å². The number of benzene rings is 6. The van der Waals surface area contributed by atoms with Crippen molar-refractivity contribution in [1.82, 2.24) is 9.97 Å². The first kappa shape index (κ1) is 38.1. The predicted octanol–water partition coefficient (Wildman–Crippen LogP) is 12.5. The van der Waals surface area contributed by atoms with Crippen molar-refractivity contribution in [3.8, 4) is 39.1 Å². The van der Waals surface area contributed by atoms with Crippen molar-refractivity contribution in [3.63, 3.8) is 0 Å². The van der Waals surface area contributed by atoms with Gasteiger partial charge in [0.25, 0.3) is 0 Å². The summed E-state index contributed by atoms with van der Waals surface area (Å²) in [7, 11) is 0. The van der Waals surface area contributed by atoms with Crippen molar-refractivity contribution in [2.24, 2.45) is 4.99 Å². The van der Waals surface area contributed by atoms with E-state index >= 15 is 0 Å². The van der Waals surface area contributed by atoms with E-state index in [1.54, 1.807) is 6.07 Å². The van der Waals surface area contributed by atoms with Crippen molar-refractivity contribution in [1.29, 1.82) is 0 Å². The van der Waals surface area contributed by atoms with Crippen LogP contribution in [0.15, 0.2) is 187 Å².